The maximum Gasteiger partial charge on any atom is 0.251 e. The van der Waals surface area contributed by atoms with E-state index in [0.717, 1.165) is 31.5 Å². The van der Waals surface area contributed by atoms with Crippen molar-refractivity contribution >= 4 is 21.6 Å². The van der Waals surface area contributed by atoms with Gasteiger partial charge in [-0.3, -0.25) is 14.4 Å². The van der Waals surface area contributed by atoms with Crippen LogP contribution in [-0.4, -0.2) is 38.6 Å². The van der Waals surface area contributed by atoms with Gasteiger partial charge in [0.2, 0.25) is 10.0 Å². The zero-order valence-electron chi connectivity index (χ0n) is 15.4. The van der Waals surface area contributed by atoms with Gasteiger partial charge in [0.1, 0.15) is 0 Å². The quantitative estimate of drug-likeness (QED) is 0.765. The second-order valence-corrected chi connectivity index (χ2v) is 8.69. The Bertz CT molecular complexity index is 889. The molecule has 0 unspecified atom stereocenters. The molecule has 1 amide bonds. The molecule has 7 heteroatoms. The van der Waals surface area contributed by atoms with Gasteiger partial charge in [0.25, 0.3) is 5.91 Å². The first-order valence-electron chi connectivity index (χ1n) is 9.05. The summed E-state index contributed by atoms with van der Waals surface area (Å²) in [6.45, 7) is 3.73. The molecule has 0 radical (unpaired) electrons. The number of hydrogen-bond donors (Lipinski definition) is 2. The first-order valence-corrected chi connectivity index (χ1v) is 10.9. The summed E-state index contributed by atoms with van der Waals surface area (Å²) >= 11 is 0. The number of sulfonamides is 1. The monoisotopic (exact) mass is 387 g/mol. The number of hydrogen-bond acceptors (Lipinski definition) is 4. The van der Waals surface area contributed by atoms with E-state index >= 15 is 0 Å². The normalized spacial score (nSPS) is 14.9. The van der Waals surface area contributed by atoms with Crippen LogP contribution in [0.5, 0.6) is 0 Å². The zero-order valence-corrected chi connectivity index (χ0v) is 16.3. The molecule has 1 aliphatic heterocycles. The highest BCUT2D eigenvalue weighted by Gasteiger charge is 2.12. The largest absolute Gasteiger partial charge is 0.348 e. The summed E-state index contributed by atoms with van der Waals surface area (Å²) in [6.07, 6.45) is 3.63. The summed E-state index contributed by atoms with van der Waals surface area (Å²) in [4.78, 5) is 14.8. The van der Waals surface area contributed by atoms with Crippen LogP contribution in [0.15, 0.2) is 48.5 Å². The van der Waals surface area contributed by atoms with Crippen LogP contribution < -0.4 is 10.0 Å². The lowest BCUT2D eigenvalue weighted by molar-refractivity contribution is 0.0951. The lowest BCUT2D eigenvalue weighted by Gasteiger charge is -2.15. The number of amides is 1. The Morgan fingerprint density at radius 2 is 1.70 bits per heavy atom. The van der Waals surface area contributed by atoms with Crippen molar-refractivity contribution in [2.24, 2.45) is 0 Å². The summed E-state index contributed by atoms with van der Waals surface area (Å²) in [7, 11) is -3.32. The summed E-state index contributed by atoms with van der Waals surface area (Å²) in [5.74, 6) is -0.189. The van der Waals surface area contributed by atoms with Gasteiger partial charge in [-0.25, -0.2) is 8.42 Å². The number of nitrogens with one attached hydrogen (secondary N) is 2. The van der Waals surface area contributed by atoms with Gasteiger partial charge < -0.3 is 5.32 Å². The summed E-state index contributed by atoms with van der Waals surface area (Å²) in [5, 5.41) is 2.91. The molecule has 0 bridgehead atoms. The Balaban J connectivity index is 1.55. The van der Waals surface area contributed by atoms with Crippen LogP contribution >= 0.6 is 0 Å². The van der Waals surface area contributed by atoms with Crippen LogP contribution in [-0.2, 0) is 23.1 Å². The molecule has 0 saturated carbocycles. The van der Waals surface area contributed by atoms with Gasteiger partial charge in [-0.1, -0.05) is 24.3 Å². The molecule has 0 spiro atoms. The topological polar surface area (TPSA) is 78.5 Å². The van der Waals surface area contributed by atoms with Crippen LogP contribution in [0, 0.1) is 0 Å². The van der Waals surface area contributed by atoms with E-state index in [1.54, 1.807) is 24.3 Å². The standard InChI is InChI=1S/C20H25N3O3S/c1-27(25,26)22-19-9-7-18(8-10-19)20(24)21-14-16-5-4-6-17(13-16)15-23-11-2-3-12-23/h4-10,13,22H,2-3,11-12,14-15H2,1H3,(H,21,24). The molecule has 1 saturated heterocycles. The van der Waals surface area contributed by atoms with Gasteiger partial charge in [-0.05, 0) is 61.3 Å². The maximum atomic E-state index is 12.3. The van der Waals surface area contributed by atoms with E-state index in [1.165, 1.54) is 18.4 Å². The van der Waals surface area contributed by atoms with E-state index in [-0.39, 0.29) is 5.91 Å². The highest BCUT2D eigenvalue weighted by atomic mass is 32.2. The number of rotatable bonds is 7. The van der Waals surface area contributed by atoms with Gasteiger partial charge in [-0.2, -0.15) is 0 Å². The van der Waals surface area contributed by atoms with E-state index in [9.17, 15) is 13.2 Å². The Kier molecular flexibility index (Phi) is 6.13. The number of carbonyl (C=O) groups is 1. The summed E-state index contributed by atoms with van der Waals surface area (Å²) in [5.41, 5.74) is 3.25. The average Bonchev–Trinajstić information content (AvgIpc) is 3.12. The molecule has 0 aromatic heterocycles. The van der Waals surface area contributed by atoms with Gasteiger partial charge in [-0.15, -0.1) is 0 Å². The SMILES string of the molecule is CS(=O)(=O)Nc1ccc(C(=O)NCc2cccc(CN3CCCC3)c2)cc1. The van der Waals surface area contributed by atoms with Gasteiger partial charge in [0.05, 0.1) is 6.26 Å². The van der Waals surface area contributed by atoms with Crippen molar-refractivity contribution in [3.8, 4) is 0 Å². The number of nitrogens with zero attached hydrogens (tertiary/aromatic N) is 1. The molecule has 6 nitrogen and oxygen atoms in total. The molecule has 0 aliphatic carbocycles. The summed E-state index contributed by atoms with van der Waals surface area (Å²) < 4.78 is 24.8. The fraction of sp³-hybridized carbons (Fsp3) is 0.350. The first-order chi connectivity index (χ1) is 12.9. The predicted molar refractivity (Wildman–Crippen MR) is 107 cm³/mol. The molecule has 3 rings (SSSR count). The molecule has 2 aromatic carbocycles. The van der Waals surface area contributed by atoms with E-state index in [0.29, 0.717) is 17.8 Å². The predicted octanol–water partition coefficient (Wildman–Crippen LogP) is 2.58. The van der Waals surface area contributed by atoms with Crippen molar-refractivity contribution in [3.05, 3.63) is 65.2 Å². The number of benzene rings is 2. The zero-order chi connectivity index (χ0) is 19.3. The van der Waals surface area contributed by atoms with Crippen LogP contribution in [0.4, 0.5) is 5.69 Å². The minimum absolute atomic E-state index is 0.189. The Morgan fingerprint density at radius 3 is 2.37 bits per heavy atom. The van der Waals surface area contributed by atoms with Crippen LogP contribution in [0.25, 0.3) is 0 Å². The van der Waals surface area contributed by atoms with E-state index in [4.69, 9.17) is 0 Å². The fourth-order valence-corrected chi connectivity index (χ4v) is 3.79. The smallest absolute Gasteiger partial charge is 0.251 e. The molecular formula is C20H25N3O3S. The number of anilines is 1. The second-order valence-electron chi connectivity index (χ2n) is 6.94. The maximum absolute atomic E-state index is 12.3. The molecule has 27 heavy (non-hydrogen) atoms. The molecule has 144 valence electrons. The van der Waals surface area contributed by atoms with Crippen molar-refractivity contribution in [1.29, 1.82) is 0 Å². The third-order valence-electron chi connectivity index (χ3n) is 4.50. The third kappa shape index (κ3) is 6.08. The third-order valence-corrected chi connectivity index (χ3v) is 5.11. The highest BCUT2D eigenvalue weighted by Crippen LogP contribution is 2.14. The molecule has 1 aliphatic rings. The van der Waals surface area contributed by atoms with E-state index < -0.39 is 10.0 Å². The van der Waals surface area contributed by atoms with Crippen molar-refractivity contribution in [2.75, 3.05) is 24.1 Å². The Morgan fingerprint density at radius 1 is 1.04 bits per heavy atom. The summed E-state index contributed by atoms with van der Waals surface area (Å²) in [6, 6.07) is 14.7. The lowest BCUT2D eigenvalue weighted by atomic mass is 10.1. The average molecular weight is 388 g/mol. The molecular weight excluding hydrogens is 362 g/mol. The number of likely N-dealkylation sites (tertiary alicyclic amines) is 1. The highest BCUT2D eigenvalue weighted by molar-refractivity contribution is 7.92. The van der Waals surface area contributed by atoms with Crippen LogP contribution in [0.1, 0.15) is 34.3 Å². The van der Waals surface area contributed by atoms with E-state index in [1.807, 2.05) is 12.1 Å². The van der Waals surface area contributed by atoms with Crippen molar-refractivity contribution in [3.63, 3.8) is 0 Å². The van der Waals surface area contributed by atoms with Crippen molar-refractivity contribution in [2.45, 2.75) is 25.9 Å². The van der Waals surface area contributed by atoms with Gasteiger partial charge in [0.15, 0.2) is 0 Å². The Hall–Kier alpha value is -2.38. The van der Waals surface area contributed by atoms with Crippen LogP contribution in [0.2, 0.25) is 0 Å². The van der Waals surface area contributed by atoms with Crippen LogP contribution in [0.3, 0.4) is 0 Å². The van der Waals surface area contributed by atoms with Crippen molar-refractivity contribution in [1.82, 2.24) is 10.2 Å². The second kappa shape index (κ2) is 8.54. The number of carbonyl (C=O) groups excluding carboxylic acids is 1. The minimum Gasteiger partial charge on any atom is -0.348 e. The van der Waals surface area contributed by atoms with Gasteiger partial charge in [0, 0.05) is 24.3 Å². The Labute approximate surface area is 160 Å². The van der Waals surface area contributed by atoms with Gasteiger partial charge >= 0.3 is 0 Å². The first kappa shape index (κ1) is 19.4. The molecule has 1 fully saturated rings. The van der Waals surface area contributed by atoms with Crippen molar-refractivity contribution < 1.29 is 13.2 Å². The molecule has 1 heterocycles. The molecule has 0 atom stereocenters. The van der Waals surface area contributed by atoms with E-state index in [2.05, 4.69) is 27.1 Å². The molecule has 2 aromatic rings. The fourth-order valence-electron chi connectivity index (χ4n) is 3.23. The lowest BCUT2D eigenvalue weighted by Crippen LogP contribution is -2.23. The molecule has 2 N–H and O–H groups in total. The minimum atomic E-state index is -3.32.